The molecule has 0 unspecified atom stereocenters. The molecule has 0 saturated carbocycles. The molecule has 2 aromatic carbocycles. The molecular formula is C24H30Cl2N4O4. The number of piperidine rings is 1. The van der Waals surface area contributed by atoms with Crippen molar-refractivity contribution in [1.29, 1.82) is 0 Å². The van der Waals surface area contributed by atoms with Gasteiger partial charge >= 0.3 is 0 Å². The number of hydrogen-bond acceptors (Lipinski definition) is 6. The molecule has 0 radical (unpaired) electrons. The van der Waals surface area contributed by atoms with Crippen LogP contribution in [0.15, 0.2) is 42.5 Å². The zero-order valence-corrected chi connectivity index (χ0v) is 20.7. The number of benzene rings is 2. The first kappa shape index (κ1) is 26.2. The van der Waals surface area contributed by atoms with Crippen molar-refractivity contribution >= 4 is 40.5 Å². The second kappa shape index (κ2) is 12.4. The van der Waals surface area contributed by atoms with Gasteiger partial charge in [0, 0.05) is 74.9 Å². The van der Waals surface area contributed by atoms with Crippen LogP contribution in [0, 0.1) is 10.1 Å². The molecule has 8 nitrogen and oxygen atoms in total. The normalized spacial score (nSPS) is 17.7. The molecular weight excluding hydrogens is 479 g/mol. The van der Waals surface area contributed by atoms with Crippen molar-refractivity contribution in [1.82, 2.24) is 9.80 Å². The monoisotopic (exact) mass is 508 g/mol. The summed E-state index contributed by atoms with van der Waals surface area (Å²) in [5.41, 5.74) is 2.07. The van der Waals surface area contributed by atoms with Gasteiger partial charge in [-0.05, 0) is 42.7 Å². The lowest BCUT2D eigenvalue weighted by molar-refractivity contribution is -0.384. The molecule has 2 aliphatic rings. The summed E-state index contributed by atoms with van der Waals surface area (Å²) in [6, 6.07) is 13.6. The summed E-state index contributed by atoms with van der Waals surface area (Å²) in [6.07, 6.45) is 2.05. The van der Waals surface area contributed by atoms with Crippen LogP contribution in [0.3, 0.4) is 0 Å². The van der Waals surface area contributed by atoms with Gasteiger partial charge < -0.3 is 10.0 Å². The van der Waals surface area contributed by atoms with Gasteiger partial charge in [0.2, 0.25) is 0 Å². The van der Waals surface area contributed by atoms with Crippen LogP contribution in [0.2, 0.25) is 10.0 Å². The Hall–Kier alpha value is -2.39. The van der Waals surface area contributed by atoms with Crippen molar-refractivity contribution in [3.05, 3.63) is 68.2 Å². The molecule has 0 atom stereocenters. The summed E-state index contributed by atoms with van der Waals surface area (Å²) in [5.74, 6) is -0.833. The van der Waals surface area contributed by atoms with E-state index in [-0.39, 0.29) is 10.6 Å². The van der Waals surface area contributed by atoms with Gasteiger partial charge in [-0.1, -0.05) is 35.3 Å². The van der Waals surface area contributed by atoms with Crippen LogP contribution < -0.4 is 4.90 Å². The Morgan fingerprint density at radius 3 is 2.12 bits per heavy atom. The van der Waals surface area contributed by atoms with Gasteiger partial charge in [-0.3, -0.25) is 24.7 Å². The maximum absolute atomic E-state index is 11.4. The van der Waals surface area contributed by atoms with Gasteiger partial charge in [0.25, 0.3) is 11.7 Å². The van der Waals surface area contributed by atoms with Crippen LogP contribution >= 0.6 is 23.2 Å². The predicted molar refractivity (Wildman–Crippen MR) is 135 cm³/mol. The molecule has 1 N–H and O–H groups in total. The molecule has 0 aliphatic carbocycles. The van der Waals surface area contributed by atoms with Crippen molar-refractivity contribution in [3.8, 4) is 0 Å². The minimum Gasteiger partial charge on any atom is -0.481 e. The molecule has 0 spiro atoms. The number of nitro groups is 1. The van der Waals surface area contributed by atoms with Crippen molar-refractivity contribution in [3.63, 3.8) is 0 Å². The van der Waals surface area contributed by atoms with Gasteiger partial charge in [-0.25, -0.2) is 0 Å². The Morgan fingerprint density at radius 1 is 1.00 bits per heavy atom. The van der Waals surface area contributed by atoms with E-state index >= 15 is 0 Å². The van der Waals surface area contributed by atoms with Crippen molar-refractivity contribution in [2.45, 2.75) is 32.4 Å². The lowest BCUT2D eigenvalue weighted by Gasteiger charge is -2.43. The summed E-state index contributed by atoms with van der Waals surface area (Å²) in [4.78, 5) is 27.3. The predicted octanol–water partition coefficient (Wildman–Crippen LogP) is 4.78. The largest absolute Gasteiger partial charge is 0.481 e. The second-order valence-corrected chi connectivity index (χ2v) is 9.44. The average Bonchev–Trinajstić information content (AvgIpc) is 2.81. The SMILES string of the molecule is CC(=O)O.O=[N+]([O-])c1cc(Cl)ccc1N1CCC(N2CCN(Cc3ccc(Cl)cc3)CC2)CC1. The highest BCUT2D eigenvalue weighted by molar-refractivity contribution is 6.31. The van der Waals surface area contributed by atoms with E-state index in [1.165, 1.54) is 11.6 Å². The lowest BCUT2D eigenvalue weighted by Crippen LogP contribution is -2.53. The van der Waals surface area contributed by atoms with E-state index in [0.717, 1.165) is 70.6 Å². The topological polar surface area (TPSA) is 90.2 Å². The first-order valence-electron chi connectivity index (χ1n) is 11.3. The zero-order chi connectivity index (χ0) is 24.7. The Morgan fingerprint density at radius 2 is 1.56 bits per heavy atom. The van der Waals surface area contributed by atoms with E-state index in [4.69, 9.17) is 33.1 Å². The van der Waals surface area contributed by atoms with Crippen LogP contribution in [-0.4, -0.2) is 71.1 Å². The second-order valence-electron chi connectivity index (χ2n) is 8.57. The number of anilines is 1. The zero-order valence-electron chi connectivity index (χ0n) is 19.2. The highest BCUT2D eigenvalue weighted by atomic mass is 35.5. The molecule has 10 heteroatoms. The van der Waals surface area contributed by atoms with Crippen molar-refractivity contribution < 1.29 is 14.8 Å². The van der Waals surface area contributed by atoms with Gasteiger partial charge in [-0.15, -0.1) is 0 Å². The van der Waals surface area contributed by atoms with Gasteiger partial charge in [0.15, 0.2) is 0 Å². The molecule has 4 rings (SSSR count). The van der Waals surface area contributed by atoms with Crippen LogP contribution in [0.4, 0.5) is 11.4 Å². The number of rotatable bonds is 5. The van der Waals surface area contributed by atoms with Crippen molar-refractivity contribution in [2.75, 3.05) is 44.2 Å². The molecule has 2 aliphatic heterocycles. The molecule has 0 aromatic heterocycles. The highest BCUT2D eigenvalue weighted by Crippen LogP contribution is 2.33. The molecule has 2 aromatic rings. The fraction of sp³-hybridized carbons (Fsp3) is 0.458. The maximum atomic E-state index is 11.4. The third kappa shape index (κ3) is 7.56. The molecule has 2 fully saturated rings. The van der Waals surface area contributed by atoms with Crippen LogP contribution in [0.1, 0.15) is 25.3 Å². The number of halogens is 2. The number of hydrogen-bond donors (Lipinski definition) is 1. The molecule has 2 saturated heterocycles. The van der Waals surface area contributed by atoms with E-state index in [0.29, 0.717) is 16.8 Å². The first-order chi connectivity index (χ1) is 16.2. The van der Waals surface area contributed by atoms with E-state index < -0.39 is 5.97 Å². The Kier molecular flexibility index (Phi) is 9.53. The summed E-state index contributed by atoms with van der Waals surface area (Å²) in [5, 5.41) is 20.0. The van der Waals surface area contributed by atoms with Crippen LogP contribution in [0.25, 0.3) is 0 Å². The number of carboxylic acid groups (broad SMARTS) is 1. The van der Waals surface area contributed by atoms with E-state index in [9.17, 15) is 10.1 Å². The van der Waals surface area contributed by atoms with Gasteiger partial charge in [-0.2, -0.15) is 0 Å². The summed E-state index contributed by atoms with van der Waals surface area (Å²) >= 11 is 11.9. The maximum Gasteiger partial charge on any atom is 0.300 e. The van der Waals surface area contributed by atoms with E-state index in [2.05, 4.69) is 26.8 Å². The quantitative estimate of drug-likeness (QED) is 0.458. The smallest absolute Gasteiger partial charge is 0.300 e. The molecule has 0 bridgehead atoms. The number of nitro benzene ring substituents is 1. The number of nitrogens with zero attached hydrogens (tertiary/aromatic N) is 4. The summed E-state index contributed by atoms with van der Waals surface area (Å²) in [7, 11) is 0. The molecule has 0 amide bonds. The van der Waals surface area contributed by atoms with E-state index in [1.807, 2.05) is 12.1 Å². The number of carboxylic acids is 1. The van der Waals surface area contributed by atoms with Crippen LogP contribution in [-0.2, 0) is 11.3 Å². The average molecular weight is 509 g/mol. The van der Waals surface area contributed by atoms with Gasteiger partial charge in [0.05, 0.1) is 4.92 Å². The van der Waals surface area contributed by atoms with Gasteiger partial charge in [0.1, 0.15) is 5.69 Å². The third-order valence-corrected chi connectivity index (χ3v) is 6.67. The Bertz CT molecular complexity index is 969. The van der Waals surface area contributed by atoms with Crippen molar-refractivity contribution in [2.24, 2.45) is 0 Å². The fourth-order valence-electron chi connectivity index (χ4n) is 4.52. The first-order valence-corrected chi connectivity index (χ1v) is 12.1. The lowest BCUT2D eigenvalue weighted by atomic mass is 10.0. The number of carbonyl (C=O) groups is 1. The van der Waals surface area contributed by atoms with Crippen LogP contribution in [0.5, 0.6) is 0 Å². The third-order valence-electron chi connectivity index (χ3n) is 6.18. The minimum atomic E-state index is -0.833. The summed E-state index contributed by atoms with van der Waals surface area (Å²) in [6.45, 7) is 7.97. The molecule has 34 heavy (non-hydrogen) atoms. The number of piperazine rings is 1. The Balaban J connectivity index is 0.000000751. The minimum absolute atomic E-state index is 0.0942. The standard InChI is InChI=1S/C22H26Cl2N4O2.C2H4O2/c23-18-3-1-17(2-4-18)16-25-11-13-26(14-12-25)20-7-9-27(10-8-20)21-6-5-19(24)15-22(21)28(29)30;1-2(3)4/h1-6,15,20H,7-14,16H2;1H3,(H,3,4). The fourth-order valence-corrected chi connectivity index (χ4v) is 4.81. The molecule has 2 heterocycles. The summed E-state index contributed by atoms with van der Waals surface area (Å²) < 4.78 is 0. The number of aliphatic carboxylic acids is 1. The highest BCUT2D eigenvalue weighted by Gasteiger charge is 2.29. The Labute approximate surface area is 209 Å². The molecule has 184 valence electrons. The van der Waals surface area contributed by atoms with E-state index in [1.54, 1.807) is 12.1 Å².